The molecular weight excluding hydrogens is 1120 g/mol. The van der Waals surface area contributed by atoms with Crippen molar-refractivity contribution in [3.8, 4) is 50.9 Å². The Labute approximate surface area is 529 Å². The first kappa shape index (κ1) is 22.3. The summed E-state index contributed by atoms with van der Waals surface area (Å²) in [5.74, 6) is -1.16. The average Bonchev–Trinajstić information content (AvgIpc) is 1.06. The summed E-state index contributed by atoms with van der Waals surface area (Å²) >= 11 is 0. The van der Waals surface area contributed by atoms with Gasteiger partial charge in [-0.05, 0) is 152 Å². The quantitative estimate of drug-likeness (QED) is 0.112. The number of hydrogen-bond acceptors (Lipinski definition) is 2. The van der Waals surface area contributed by atoms with Crippen LogP contribution < -0.4 is 9.30 Å². The van der Waals surface area contributed by atoms with Gasteiger partial charge in [0, 0.05) is 93.6 Å². The van der Waals surface area contributed by atoms with Crippen LogP contribution in [-0.2, 0) is 42.7 Å². The first-order valence-electron chi connectivity index (χ1n) is 45.3. The van der Waals surface area contributed by atoms with Gasteiger partial charge in [-0.15, -0.1) is 29.7 Å². The van der Waals surface area contributed by atoms with Gasteiger partial charge in [-0.25, -0.2) is 4.98 Å². The maximum atomic E-state index is 10.4. The van der Waals surface area contributed by atoms with Gasteiger partial charge in [0.1, 0.15) is 5.82 Å². The summed E-state index contributed by atoms with van der Waals surface area (Å²) < 4.78 is 398. The van der Waals surface area contributed by atoms with Crippen molar-refractivity contribution in [3.05, 3.63) is 197 Å². The molecule has 6 heteroatoms. The minimum absolute atomic E-state index is 0. The maximum Gasteiger partial charge on any atom is 0.268 e. The smallest absolute Gasteiger partial charge is 0.268 e. The molecule has 3 heterocycles. The Morgan fingerprint density at radius 1 is 0.649 bits per heavy atom. The monoisotopic (exact) mass is 1230 g/mol. The summed E-state index contributed by atoms with van der Waals surface area (Å²) in [5.41, 5.74) is -31.2. The van der Waals surface area contributed by atoms with E-state index in [4.69, 9.17) is 46.7 Å². The van der Waals surface area contributed by atoms with Crippen molar-refractivity contribution in [1.82, 2.24) is 14.1 Å². The minimum atomic E-state index is -4.88. The molecule has 0 N–H and O–H groups in total. The number of pyridine rings is 1. The number of hydrogen-bond donors (Lipinski definition) is 0. The van der Waals surface area contributed by atoms with Crippen molar-refractivity contribution in [2.45, 2.75) is 147 Å². The molecule has 392 valence electrons. The van der Waals surface area contributed by atoms with Crippen molar-refractivity contribution in [1.29, 1.82) is 0 Å². The van der Waals surface area contributed by atoms with Crippen molar-refractivity contribution in [2.24, 2.45) is 0 Å². The third-order valence-corrected chi connectivity index (χ3v) is 14.1. The molecule has 77 heavy (non-hydrogen) atoms. The number of nitrogens with zero attached hydrogens (tertiary/aromatic N) is 4. The SMILES string of the molecule is [2H]c1c([2H])c2c(c([2H])c1-c1cccc(-c3c([2H])c([2H])c4c(c3[2H])C(C([2H])([2H])[2H])(C([2H])([2H])[2H])C([2H])([2H])C([2H])([2H])C4(C([2H])([2H])[2H])C([2H])([2H])[2H])c1-[n+]1[c-]n(-c3[c-]c(Oc4[c-]c5c(cc4)c4ccccc4n5-c4cc(C([2H])([2H])[2H])c(C5([2H])CCCCC5)cn4)ccc3)c3ccccc31)C(C([2H])([2H])[2H])(C([2H])([2H])[2H])C([2H])([2H])C([2H])([2H])C2(C([2H])([2H])[2H])C([2H])([2H])[2H].[Pt]. The summed E-state index contributed by atoms with van der Waals surface area (Å²) in [6.45, 7) is -39.3. The minimum Gasteiger partial charge on any atom is -0.510 e. The topological polar surface area (TPSA) is 35.9 Å². The Morgan fingerprint density at radius 2 is 1.26 bits per heavy atom. The van der Waals surface area contributed by atoms with Crippen LogP contribution in [0.3, 0.4) is 0 Å². The van der Waals surface area contributed by atoms with Crippen LogP contribution >= 0.6 is 0 Å². The van der Waals surface area contributed by atoms with Crippen LogP contribution in [0.25, 0.3) is 72.3 Å². The van der Waals surface area contributed by atoms with E-state index in [-0.39, 0.29) is 66.2 Å². The molecule has 0 spiro atoms. The number of ether oxygens (including phenoxy) is 1. The van der Waals surface area contributed by atoms with Crippen molar-refractivity contribution < 1.29 is 87.9 Å². The molecule has 3 aliphatic carbocycles. The average molecular weight is 1230 g/mol. The zero-order chi connectivity index (χ0) is 88.1. The fourth-order valence-electron chi connectivity index (χ4n) is 10.4. The molecule has 0 aliphatic heterocycles. The van der Waals surface area contributed by atoms with Crippen LogP contribution in [0.1, 0.15) is 209 Å². The molecule has 0 radical (unpaired) electrons. The number of para-hydroxylation sites is 4. The molecule has 7 aromatic carbocycles. The van der Waals surface area contributed by atoms with Gasteiger partial charge in [0.2, 0.25) is 0 Å². The molecule has 0 atom stereocenters. The van der Waals surface area contributed by atoms with Gasteiger partial charge in [0.15, 0.2) is 0 Å². The van der Waals surface area contributed by atoms with Gasteiger partial charge < -0.3 is 13.9 Å². The molecule has 10 aromatic rings. The van der Waals surface area contributed by atoms with Crippen LogP contribution in [0.2, 0.25) is 0 Å². The number of rotatable bonds is 8. The van der Waals surface area contributed by atoms with Gasteiger partial charge >= 0.3 is 0 Å². The molecule has 13 rings (SSSR count). The number of fused-ring (bicyclic) bond motifs is 6. The first-order chi connectivity index (χ1) is 53.7. The number of aryl methyl sites for hydroxylation is 1. The van der Waals surface area contributed by atoms with E-state index in [1.807, 2.05) is 6.07 Å². The molecule has 1 fully saturated rings. The summed E-state index contributed by atoms with van der Waals surface area (Å²) in [4.78, 5) is 4.79. The van der Waals surface area contributed by atoms with Crippen LogP contribution in [-0.4, -0.2) is 14.1 Å². The zero-order valence-corrected chi connectivity index (χ0v) is 42.7. The fourth-order valence-corrected chi connectivity index (χ4v) is 10.4. The molecular formula is C71H70N4OPt-2. The second kappa shape index (κ2) is 19.1. The number of benzene rings is 7. The largest absolute Gasteiger partial charge is 0.510 e. The van der Waals surface area contributed by atoms with E-state index < -0.39 is 201 Å². The Kier molecular flexibility index (Phi) is 5.54. The van der Waals surface area contributed by atoms with Crippen LogP contribution in [0.4, 0.5) is 0 Å². The third kappa shape index (κ3) is 8.80. The normalized spacial score (nSPS) is 30.0. The maximum absolute atomic E-state index is 10.4. The molecule has 0 saturated heterocycles. The molecule has 0 amide bonds. The second-order valence-electron chi connectivity index (χ2n) is 19.2. The first-order valence-corrected chi connectivity index (χ1v) is 24.3. The fraction of sp³-hybridized carbons (Fsp3) is 0.324. The molecule has 5 nitrogen and oxygen atoms in total. The van der Waals surface area contributed by atoms with Crippen molar-refractivity contribution in [3.63, 3.8) is 0 Å². The predicted octanol–water partition coefficient (Wildman–Crippen LogP) is 18.0. The van der Waals surface area contributed by atoms with Crippen molar-refractivity contribution >= 4 is 32.8 Å². The van der Waals surface area contributed by atoms with Gasteiger partial charge in [0.25, 0.3) is 6.33 Å². The Bertz CT molecular complexity index is 5540. The van der Waals surface area contributed by atoms with E-state index in [1.54, 1.807) is 34.9 Å². The molecule has 1 saturated carbocycles. The van der Waals surface area contributed by atoms with E-state index >= 15 is 0 Å². The summed E-state index contributed by atoms with van der Waals surface area (Å²) in [6.07, 6.45) is -11.8. The second-order valence-corrected chi connectivity index (χ2v) is 19.2. The van der Waals surface area contributed by atoms with E-state index in [0.29, 0.717) is 47.5 Å². The van der Waals surface area contributed by atoms with Crippen molar-refractivity contribution in [2.75, 3.05) is 0 Å². The summed E-state index contributed by atoms with van der Waals surface area (Å²) in [6, 6.07) is 20.1. The number of imidazole rings is 1. The van der Waals surface area contributed by atoms with E-state index in [2.05, 4.69) is 18.5 Å². The van der Waals surface area contributed by atoms with Crippen LogP contribution in [0.5, 0.6) is 11.5 Å². The standard InChI is InChI=1S/C71H70N4O.Pt/c1-46-39-66(72-44-57(46)47-19-11-10-12-20-47)75-62-26-14-13-23-55(62)56-32-31-52(43-65(56)75)76-51-22-17-21-50(42-51)73-45-74(64-28-16-15-27-63(64)73)67-53(48-29-33-58-60(40-48)70(6,7)37-35-68(58,2)3)24-18-25-54(67)49-30-34-59-61(41-49)71(8,9)38-36-69(59,4)5;/h13-18,21-34,39-41,44,47H,10-12,19-20,35-38H2,1-9H3;/q-2;/i1D3,2D3,3D3,4D3,5D3,6D3,7D3,8D3,9D3,29D,30D,33D,34D,35D2,36D2,37D2,38D2,40D,41D,47D;. The van der Waals surface area contributed by atoms with Crippen LogP contribution in [0, 0.1) is 25.3 Å². The van der Waals surface area contributed by atoms with Crippen LogP contribution in [0.15, 0.2) is 146 Å². The molecule has 0 unspecified atom stereocenters. The Balaban J connectivity index is 0.0000130. The zero-order valence-electron chi connectivity index (χ0n) is 82.4. The van der Waals surface area contributed by atoms with Gasteiger partial charge in [-0.1, -0.05) is 177 Å². The predicted molar refractivity (Wildman–Crippen MR) is 312 cm³/mol. The van der Waals surface area contributed by atoms with Gasteiger partial charge in [0.05, 0.1) is 24.9 Å². The summed E-state index contributed by atoms with van der Waals surface area (Å²) in [5, 5.41) is 1.29. The molecule has 3 aliphatic rings. The third-order valence-electron chi connectivity index (χ3n) is 14.1. The Hall–Kier alpha value is -6.55. The van der Waals surface area contributed by atoms with Gasteiger partial charge in [-0.3, -0.25) is 4.57 Å². The number of aromatic nitrogens is 4. The molecule has 3 aromatic heterocycles. The van der Waals surface area contributed by atoms with E-state index in [0.717, 1.165) is 29.2 Å². The Morgan fingerprint density at radius 3 is 1.92 bits per heavy atom. The summed E-state index contributed by atoms with van der Waals surface area (Å²) in [7, 11) is 0. The molecule has 0 bridgehead atoms. The van der Waals surface area contributed by atoms with Gasteiger partial charge in [-0.2, -0.15) is 18.2 Å². The van der Waals surface area contributed by atoms with E-state index in [1.165, 1.54) is 59.3 Å². The van der Waals surface area contributed by atoms with E-state index in [9.17, 15) is 20.6 Å².